The average molecular weight is 517 g/mol. The van der Waals surface area contributed by atoms with E-state index in [2.05, 4.69) is 53.6 Å². The standard InChI is InChI=1S/C15H16F3N7.C6H5FN2O.C2H2/c16-15(17,18)9-10-8-12(22-21-10)19-13-11-4-3-7-25(11)23-14(20-13)24-5-1-2-6-24;7-6-2-1-5(3-8-6)9-4-10;1-2/h3-4,7-8H,1-2,5-6,9H2,(H2,19,20,21,22,23);1-4H,(H,9,10);1-2H. The Labute approximate surface area is 209 Å². The van der Waals surface area contributed by atoms with Crippen LogP contribution in [0, 0.1) is 18.8 Å². The van der Waals surface area contributed by atoms with Crippen LogP contribution in [0.1, 0.15) is 18.5 Å². The van der Waals surface area contributed by atoms with Crippen molar-refractivity contribution in [3.05, 3.63) is 54.4 Å². The molecular weight excluding hydrogens is 494 g/mol. The highest BCUT2D eigenvalue weighted by Gasteiger charge is 2.28. The molecular formula is C23H23F4N9O. The van der Waals surface area contributed by atoms with Crippen LogP contribution in [0.3, 0.4) is 0 Å². The van der Waals surface area contributed by atoms with E-state index in [1.165, 1.54) is 24.4 Å². The maximum atomic E-state index is 12.5. The van der Waals surface area contributed by atoms with E-state index in [9.17, 15) is 22.4 Å². The Kier molecular flexibility index (Phi) is 8.98. The van der Waals surface area contributed by atoms with Crippen molar-refractivity contribution in [1.82, 2.24) is 29.8 Å². The number of H-pyrrole nitrogens is 1. The molecule has 0 unspecified atom stereocenters. The summed E-state index contributed by atoms with van der Waals surface area (Å²) < 4.78 is 51.2. The number of anilines is 4. The van der Waals surface area contributed by atoms with E-state index in [1.807, 2.05) is 12.1 Å². The van der Waals surface area contributed by atoms with Crippen molar-refractivity contribution in [2.45, 2.75) is 25.4 Å². The lowest BCUT2D eigenvalue weighted by Gasteiger charge is -2.16. The first-order chi connectivity index (χ1) is 17.8. The Morgan fingerprint density at radius 1 is 1.16 bits per heavy atom. The highest BCUT2D eigenvalue weighted by Crippen LogP contribution is 2.25. The number of rotatable bonds is 6. The highest BCUT2D eigenvalue weighted by atomic mass is 19.4. The zero-order valence-corrected chi connectivity index (χ0v) is 19.4. The number of aromatic nitrogens is 6. The van der Waals surface area contributed by atoms with Gasteiger partial charge in [0.25, 0.3) is 0 Å². The van der Waals surface area contributed by atoms with Gasteiger partial charge >= 0.3 is 6.18 Å². The maximum Gasteiger partial charge on any atom is 0.394 e. The third-order valence-electron chi connectivity index (χ3n) is 4.99. The first-order valence-corrected chi connectivity index (χ1v) is 10.9. The minimum absolute atomic E-state index is 0.00442. The SMILES string of the molecule is C#C.FC(F)(F)Cc1cc(Nc2nc(N3CCCC3)nn3cccc23)n[nH]1.O=CNc1ccc(F)nc1. The summed E-state index contributed by atoms with van der Waals surface area (Å²) in [6.07, 6.45) is 8.41. The summed E-state index contributed by atoms with van der Waals surface area (Å²) in [4.78, 5) is 19.8. The van der Waals surface area contributed by atoms with E-state index < -0.39 is 18.5 Å². The number of aromatic amines is 1. The van der Waals surface area contributed by atoms with Crippen LogP contribution in [0.5, 0.6) is 0 Å². The number of carbonyl (C=O) groups excluding carboxylic acids is 1. The zero-order chi connectivity index (χ0) is 26.8. The lowest BCUT2D eigenvalue weighted by Crippen LogP contribution is -2.22. The smallest absolute Gasteiger partial charge is 0.340 e. The molecule has 0 aromatic carbocycles. The van der Waals surface area contributed by atoms with E-state index in [1.54, 1.807) is 10.7 Å². The number of terminal acetylenes is 1. The molecule has 1 amide bonds. The van der Waals surface area contributed by atoms with E-state index in [-0.39, 0.29) is 11.5 Å². The van der Waals surface area contributed by atoms with Gasteiger partial charge in [-0.25, -0.2) is 9.50 Å². The number of pyridine rings is 1. The Bertz CT molecular complexity index is 1310. The van der Waals surface area contributed by atoms with Gasteiger partial charge in [-0.15, -0.1) is 17.9 Å². The molecule has 1 fully saturated rings. The number of fused-ring (bicyclic) bond motifs is 1. The van der Waals surface area contributed by atoms with E-state index in [0.29, 0.717) is 23.9 Å². The van der Waals surface area contributed by atoms with Crippen LogP contribution < -0.4 is 15.5 Å². The van der Waals surface area contributed by atoms with Crippen LogP contribution in [0.15, 0.2) is 42.7 Å². The summed E-state index contributed by atoms with van der Waals surface area (Å²) in [5, 5.41) is 16.1. The highest BCUT2D eigenvalue weighted by molar-refractivity contribution is 5.73. The molecule has 4 aromatic heterocycles. The predicted molar refractivity (Wildman–Crippen MR) is 130 cm³/mol. The van der Waals surface area contributed by atoms with E-state index in [4.69, 9.17) is 0 Å². The minimum Gasteiger partial charge on any atom is -0.340 e. The van der Waals surface area contributed by atoms with Gasteiger partial charge < -0.3 is 15.5 Å². The zero-order valence-electron chi connectivity index (χ0n) is 19.4. The Hall–Kier alpha value is -4.67. The second kappa shape index (κ2) is 12.3. The average Bonchev–Trinajstić information content (AvgIpc) is 3.64. The van der Waals surface area contributed by atoms with Crippen molar-refractivity contribution in [3.63, 3.8) is 0 Å². The minimum atomic E-state index is -4.28. The molecule has 4 aromatic rings. The molecule has 0 radical (unpaired) electrons. The number of amides is 1. The molecule has 1 aliphatic heterocycles. The molecule has 37 heavy (non-hydrogen) atoms. The van der Waals surface area contributed by atoms with Crippen molar-refractivity contribution >= 4 is 35.2 Å². The number of carbonyl (C=O) groups is 1. The molecule has 14 heteroatoms. The fraction of sp³-hybridized carbons (Fsp3) is 0.261. The maximum absolute atomic E-state index is 12.5. The van der Waals surface area contributed by atoms with Crippen molar-refractivity contribution in [3.8, 4) is 12.8 Å². The van der Waals surface area contributed by atoms with Crippen molar-refractivity contribution < 1.29 is 22.4 Å². The van der Waals surface area contributed by atoms with Gasteiger partial charge in [-0.1, -0.05) is 0 Å². The Balaban J connectivity index is 0.000000266. The molecule has 0 aliphatic carbocycles. The van der Waals surface area contributed by atoms with E-state index >= 15 is 0 Å². The first kappa shape index (κ1) is 26.9. The van der Waals surface area contributed by atoms with E-state index in [0.717, 1.165) is 31.4 Å². The monoisotopic (exact) mass is 517 g/mol. The molecule has 3 N–H and O–H groups in total. The fourth-order valence-electron chi connectivity index (χ4n) is 3.45. The van der Waals surface area contributed by atoms with Gasteiger partial charge in [0.15, 0.2) is 11.6 Å². The van der Waals surface area contributed by atoms with Gasteiger partial charge in [-0.05, 0) is 37.1 Å². The summed E-state index contributed by atoms with van der Waals surface area (Å²) in [5.74, 6) is 0.826. The van der Waals surface area contributed by atoms with Crippen LogP contribution in [-0.2, 0) is 11.2 Å². The largest absolute Gasteiger partial charge is 0.394 e. The lowest BCUT2D eigenvalue weighted by molar-refractivity contribution is -0.127. The quantitative estimate of drug-likeness (QED) is 0.154. The van der Waals surface area contributed by atoms with Gasteiger partial charge in [0, 0.05) is 31.0 Å². The topological polar surface area (TPSA) is 116 Å². The van der Waals surface area contributed by atoms with Gasteiger partial charge in [-0.3, -0.25) is 9.89 Å². The third kappa shape index (κ3) is 7.66. The second-order valence-electron chi connectivity index (χ2n) is 7.62. The summed E-state index contributed by atoms with van der Waals surface area (Å²) in [6, 6.07) is 7.61. The van der Waals surface area contributed by atoms with Crippen molar-refractivity contribution in [2.24, 2.45) is 0 Å². The molecule has 0 spiro atoms. The number of hydrogen-bond donors (Lipinski definition) is 3. The van der Waals surface area contributed by atoms with Gasteiger partial charge in [0.05, 0.1) is 18.3 Å². The summed E-state index contributed by atoms with van der Waals surface area (Å²) in [7, 11) is 0. The number of halogens is 4. The molecule has 5 heterocycles. The van der Waals surface area contributed by atoms with Crippen LogP contribution >= 0.6 is 0 Å². The summed E-state index contributed by atoms with van der Waals surface area (Å²) in [5.41, 5.74) is 1.20. The van der Waals surface area contributed by atoms with Crippen LogP contribution in [0.4, 0.5) is 40.8 Å². The first-order valence-electron chi connectivity index (χ1n) is 10.9. The number of nitrogens with zero attached hydrogens (tertiary/aromatic N) is 6. The normalized spacial score (nSPS) is 12.8. The molecule has 5 rings (SSSR count). The predicted octanol–water partition coefficient (Wildman–Crippen LogP) is 3.94. The lowest BCUT2D eigenvalue weighted by atomic mass is 10.3. The van der Waals surface area contributed by atoms with Crippen LogP contribution in [0.2, 0.25) is 0 Å². The summed E-state index contributed by atoms with van der Waals surface area (Å²) in [6.45, 7) is 1.79. The Morgan fingerprint density at radius 3 is 2.57 bits per heavy atom. The van der Waals surface area contributed by atoms with Crippen LogP contribution in [-0.4, -0.2) is 55.5 Å². The number of alkyl halides is 3. The fourth-order valence-corrected chi connectivity index (χ4v) is 3.45. The molecule has 0 bridgehead atoms. The van der Waals surface area contributed by atoms with Crippen molar-refractivity contribution in [2.75, 3.05) is 28.6 Å². The molecule has 0 saturated carbocycles. The third-order valence-corrected chi connectivity index (χ3v) is 4.99. The number of nitrogens with one attached hydrogen (secondary N) is 3. The summed E-state index contributed by atoms with van der Waals surface area (Å²) >= 11 is 0. The van der Waals surface area contributed by atoms with Gasteiger partial charge in [0.1, 0.15) is 5.52 Å². The van der Waals surface area contributed by atoms with Crippen LogP contribution in [0.25, 0.3) is 5.52 Å². The molecule has 1 aliphatic rings. The molecule has 10 nitrogen and oxygen atoms in total. The van der Waals surface area contributed by atoms with Gasteiger partial charge in [-0.2, -0.15) is 27.6 Å². The molecule has 194 valence electrons. The van der Waals surface area contributed by atoms with Crippen molar-refractivity contribution in [1.29, 1.82) is 0 Å². The second-order valence-corrected chi connectivity index (χ2v) is 7.62. The van der Waals surface area contributed by atoms with Gasteiger partial charge in [0.2, 0.25) is 18.3 Å². The molecule has 1 saturated heterocycles. The number of hydrogen-bond acceptors (Lipinski definition) is 7. The Morgan fingerprint density at radius 2 is 1.92 bits per heavy atom. The molecule has 0 atom stereocenters.